The highest BCUT2D eigenvalue weighted by Gasteiger charge is 2.01. The molecule has 1 nitrogen and oxygen atoms in total. The molecular weight excluding hydrogens is 170 g/mol. The molecule has 0 heterocycles. The molecule has 0 unspecified atom stereocenters. The number of rotatable bonds is 2. The van der Waals surface area contributed by atoms with E-state index in [1.54, 1.807) is 0 Å². The zero-order valence-electron chi connectivity index (χ0n) is 8.46. The monoisotopic (exact) mass is 185 g/mol. The standard InChI is InChI=1S/C13H15N/c1-2-10-5-3-8-13-11(9-14)6-4-7-12(10)13/h3-8H,2,9,14H2,1H3. The lowest BCUT2D eigenvalue weighted by molar-refractivity contribution is 1.08. The number of aryl methyl sites for hydroxylation is 1. The van der Waals surface area contributed by atoms with E-state index in [1.807, 2.05) is 0 Å². The predicted octanol–water partition coefficient (Wildman–Crippen LogP) is 2.86. The SMILES string of the molecule is CCc1cccc2c(CN)cccc12. The molecule has 0 aliphatic carbocycles. The fourth-order valence-corrected chi connectivity index (χ4v) is 1.93. The molecule has 0 saturated carbocycles. The molecule has 2 aromatic carbocycles. The van der Waals surface area contributed by atoms with Crippen molar-refractivity contribution in [1.29, 1.82) is 0 Å². The fourth-order valence-electron chi connectivity index (χ4n) is 1.93. The first-order chi connectivity index (χ1) is 6.86. The summed E-state index contributed by atoms with van der Waals surface area (Å²) in [6.07, 6.45) is 1.07. The highest BCUT2D eigenvalue weighted by molar-refractivity contribution is 5.88. The van der Waals surface area contributed by atoms with Crippen LogP contribution in [0.3, 0.4) is 0 Å². The molecule has 1 heteroatoms. The van der Waals surface area contributed by atoms with Crippen LogP contribution in [-0.4, -0.2) is 0 Å². The molecule has 14 heavy (non-hydrogen) atoms. The number of benzene rings is 2. The van der Waals surface area contributed by atoms with Gasteiger partial charge in [-0.05, 0) is 28.3 Å². The average molecular weight is 185 g/mol. The first kappa shape index (κ1) is 9.22. The van der Waals surface area contributed by atoms with Gasteiger partial charge in [0.25, 0.3) is 0 Å². The second kappa shape index (κ2) is 3.81. The Balaban J connectivity index is 2.77. The van der Waals surface area contributed by atoms with Gasteiger partial charge in [-0.2, -0.15) is 0 Å². The van der Waals surface area contributed by atoms with Crippen LogP contribution in [0.2, 0.25) is 0 Å². The lowest BCUT2D eigenvalue weighted by Gasteiger charge is -2.07. The van der Waals surface area contributed by atoms with Crippen molar-refractivity contribution in [2.45, 2.75) is 19.9 Å². The summed E-state index contributed by atoms with van der Waals surface area (Å²) >= 11 is 0. The Hall–Kier alpha value is -1.34. The van der Waals surface area contributed by atoms with E-state index >= 15 is 0 Å². The summed E-state index contributed by atoms with van der Waals surface area (Å²) in [5, 5.41) is 2.65. The maximum atomic E-state index is 5.71. The van der Waals surface area contributed by atoms with Crippen molar-refractivity contribution in [2.75, 3.05) is 0 Å². The largest absolute Gasteiger partial charge is 0.326 e. The maximum absolute atomic E-state index is 5.71. The highest BCUT2D eigenvalue weighted by atomic mass is 14.5. The topological polar surface area (TPSA) is 26.0 Å². The van der Waals surface area contributed by atoms with E-state index in [4.69, 9.17) is 5.73 Å². The van der Waals surface area contributed by atoms with Crippen molar-refractivity contribution in [2.24, 2.45) is 5.73 Å². The Morgan fingerprint density at radius 1 is 0.929 bits per heavy atom. The Morgan fingerprint density at radius 3 is 2.07 bits per heavy atom. The van der Waals surface area contributed by atoms with Crippen LogP contribution in [0.1, 0.15) is 18.1 Å². The second-order valence-corrected chi connectivity index (χ2v) is 3.49. The molecule has 0 amide bonds. The summed E-state index contributed by atoms with van der Waals surface area (Å²) in [4.78, 5) is 0. The summed E-state index contributed by atoms with van der Waals surface area (Å²) < 4.78 is 0. The molecule has 2 rings (SSSR count). The quantitative estimate of drug-likeness (QED) is 0.765. The van der Waals surface area contributed by atoms with Gasteiger partial charge in [-0.25, -0.2) is 0 Å². The molecule has 72 valence electrons. The molecule has 0 atom stereocenters. The van der Waals surface area contributed by atoms with Gasteiger partial charge in [-0.15, -0.1) is 0 Å². The first-order valence-corrected chi connectivity index (χ1v) is 5.06. The first-order valence-electron chi connectivity index (χ1n) is 5.06. The van der Waals surface area contributed by atoms with E-state index in [1.165, 1.54) is 21.9 Å². The average Bonchev–Trinajstić information content (AvgIpc) is 2.27. The summed E-state index contributed by atoms with van der Waals surface area (Å²) in [6.45, 7) is 2.80. The zero-order valence-corrected chi connectivity index (χ0v) is 8.46. The zero-order chi connectivity index (χ0) is 9.97. The van der Waals surface area contributed by atoms with Crippen molar-refractivity contribution in [3.05, 3.63) is 47.5 Å². The molecule has 0 saturated heterocycles. The maximum Gasteiger partial charge on any atom is 0.0184 e. The number of hydrogen-bond donors (Lipinski definition) is 1. The van der Waals surface area contributed by atoms with Gasteiger partial charge in [0.2, 0.25) is 0 Å². The van der Waals surface area contributed by atoms with E-state index in [9.17, 15) is 0 Å². The molecule has 0 radical (unpaired) electrons. The van der Waals surface area contributed by atoms with Crippen LogP contribution in [0.15, 0.2) is 36.4 Å². The van der Waals surface area contributed by atoms with Gasteiger partial charge in [-0.3, -0.25) is 0 Å². The normalized spacial score (nSPS) is 10.7. The minimum absolute atomic E-state index is 0.616. The van der Waals surface area contributed by atoms with Crippen molar-refractivity contribution in [3.8, 4) is 0 Å². The second-order valence-electron chi connectivity index (χ2n) is 3.49. The molecule has 2 aromatic rings. The van der Waals surface area contributed by atoms with Gasteiger partial charge >= 0.3 is 0 Å². The molecule has 0 aliphatic rings. The van der Waals surface area contributed by atoms with Crippen LogP contribution >= 0.6 is 0 Å². The predicted molar refractivity (Wildman–Crippen MR) is 61.2 cm³/mol. The minimum Gasteiger partial charge on any atom is -0.326 e. The molecule has 0 aromatic heterocycles. The molecule has 2 N–H and O–H groups in total. The Kier molecular flexibility index (Phi) is 2.51. The van der Waals surface area contributed by atoms with Crippen molar-refractivity contribution in [1.82, 2.24) is 0 Å². The number of hydrogen-bond acceptors (Lipinski definition) is 1. The van der Waals surface area contributed by atoms with Crippen LogP contribution in [0.4, 0.5) is 0 Å². The van der Waals surface area contributed by atoms with Gasteiger partial charge in [0.1, 0.15) is 0 Å². The van der Waals surface area contributed by atoms with Crippen LogP contribution < -0.4 is 5.73 Å². The fraction of sp³-hybridized carbons (Fsp3) is 0.231. The molecule has 0 spiro atoms. The van der Waals surface area contributed by atoms with Gasteiger partial charge < -0.3 is 5.73 Å². The third-order valence-electron chi connectivity index (χ3n) is 2.70. The third kappa shape index (κ3) is 1.40. The van der Waals surface area contributed by atoms with E-state index in [0.29, 0.717) is 6.54 Å². The number of fused-ring (bicyclic) bond motifs is 1. The lowest BCUT2D eigenvalue weighted by atomic mass is 9.99. The van der Waals surface area contributed by atoms with Crippen molar-refractivity contribution < 1.29 is 0 Å². The van der Waals surface area contributed by atoms with Crippen LogP contribution in [0.5, 0.6) is 0 Å². The van der Waals surface area contributed by atoms with Gasteiger partial charge in [0.05, 0.1) is 0 Å². The third-order valence-corrected chi connectivity index (χ3v) is 2.70. The smallest absolute Gasteiger partial charge is 0.0184 e. The minimum atomic E-state index is 0.616. The van der Waals surface area contributed by atoms with E-state index in [-0.39, 0.29) is 0 Å². The van der Waals surface area contributed by atoms with Crippen LogP contribution in [0.25, 0.3) is 10.8 Å². The lowest BCUT2D eigenvalue weighted by Crippen LogP contribution is -1.97. The molecular formula is C13H15N. The molecule has 0 aliphatic heterocycles. The highest BCUT2D eigenvalue weighted by Crippen LogP contribution is 2.22. The van der Waals surface area contributed by atoms with E-state index < -0.39 is 0 Å². The Bertz CT molecular complexity index is 403. The van der Waals surface area contributed by atoms with Crippen molar-refractivity contribution in [3.63, 3.8) is 0 Å². The Morgan fingerprint density at radius 2 is 1.50 bits per heavy atom. The number of nitrogens with two attached hydrogens (primary N) is 1. The summed E-state index contributed by atoms with van der Waals surface area (Å²) in [5.41, 5.74) is 8.34. The molecule has 0 fully saturated rings. The van der Waals surface area contributed by atoms with Gasteiger partial charge in [0.15, 0.2) is 0 Å². The summed E-state index contributed by atoms with van der Waals surface area (Å²) in [5.74, 6) is 0. The van der Waals surface area contributed by atoms with Crippen LogP contribution in [0, 0.1) is 0 Å². The van der Waals surface area contributed by atoms with E-state index in [0.717, 1.165) is 6.42 Å². The Labute approximate surface area is 84.5 Å². The van der Waals surface area contributed by atoms with E-state index in [2.05, 4.69) is 43.3 Å². The van der Waals surface area contributed by atoms with Gasteiger partial charge in [-0.1, -0.05) is 43.3 Å². The molecule has 0 bridgehead atoms. The van der Waals surface area contributed by atoms with Gasteiger partial charge in [0, 0.05) is 6.54 Å². The summed E-state index contributed by atoms with van der Waals surface area (Å²) in [7, 11) is 0. The summed E-state index contributed by atoms with van der Waals surface area (Å²) in [6, 6.07) is 12.8. The van der Waals surface area contributed by atoms with Crippen molar-refractivity contribution >= 4 is 10.8 Å². The van der Waals surface area contributed by atoms with Crippen LogP contribution in [-0.2, 0) is 13.0 Å².